The van der Waals surface area contributed by atoms with Gasteiger partial charge in [0.1, 0.15) is 23.9 Å². The van der Waals surface area contributed by atoms with Crippen molar-refractivity contribution in [3.8, 4) is 5.75 Å². The molecule has 2 aromatic carbocycles. The molecule has 2 heterocycles. The predicted molar refractivity (Wildman–Crippen MR) is 180 cm³/mol. The van der Waals surface area contributed by atoms with Crippen molar-refractivity contribution in [3.05, 3.63) is 72.3 Å². The van der Waals surface area contributed by atoms with Gasteiger partial charge in [-0.25, -0.2) is 8.42 Å². The molecule has 2 saturated heterocycles. The van der Waals surface area contributed by atoms with E-state index in [1.54, 1.807) is 25.3 Å². The third kappa shape index (κ3) is 10.7. The van der Waals surface area contributed by atoms with E-state index in [4.69, 9.17) is 28.4 Å². The zero-order valence-electron chi connectivity index (χ0n) is 28.4. The van der Waals surface area contributed by atoms with E-state index < -0.39 is 32.6 Å². The van der Waals surface area contributed by atoms with Gasteiger partial charge in [0.25, 0.3) is 0 Å². The van der Waals surface area contributed by atoms with E-state index in [0.717, 1.165) is 24.2 Å². The number of hydrogen-bond acceptors (Lipinski definition) is 9. The van der Waals surface area contributed by atoms with Crippen molar-refractivity contribution in [1.82, 2.24) is 0 Å². The number of carbonyl (C=O) groups excluding carboxylic acids is 1. The summed E-state index contributed by atoms with van der Waals surface area (Å²) in [5, 5.41) is -1.33. The second-order valence-corrected chi connectivity index (χ2v) is 15.2. The van der Waals surface area contributed by atoms with E-state index in [1.165, 1.54) is 12.1 Å². The Bertz CT molecular complexity index is 1370. The first-order valence-corrected chi connectivity index (χ1v) is 18.3. The van der Waals surface area contributed by atoms with Crippen LogP contribution in [-0.4, -0.2) is 77.1 Å². The molecule has 47 heavy (non-hydrogen) atoms. The number of carbonyl (C=O) groups is 1. The zero-order chi connectivity index (χ0) is 33.9. The van der Waals surface area contributed by atoms with Crippen molar-refractivity contribution < 1.29 is 41.6 Å². The van der Waals surface area contributed by atoms with Gasteiger partial charge in [0.15, 0.2) is 15.6 Å². The maximum Gasteiger partial charge on any atom is 0.188 e. The number of ketones is 1. The lowest BCUT2D eigenvalue weighted by Gasteiger charge is -2.29. The molecule has 0 amide bonds. The molecule has 2 fully saturated rings. The molecule has 0 saturated carbocycles. The topological polar surface area (TPSA) is 107 Å². The van der Waals surface area contributed by atoms with Gasteiger partial charge in [-0.05, 0) is 94.5 Å². The maximum absolute atomic E-state index is 14.1. The highest BCUT2D eigenvalue weighted by Gasteiger charge is 2.45. The number of ether oxygens (including phenoxy) is 6. The van der Waals surface area contributed by atoms with Crippen LogP contribution in [0.25, 0.3) is 0 Å². The van der Waals surface area contributed by atoms with Gasteiger partial charge in [-0.1, -0.05) is 49.4 Å². The number of sulfone groups is 1. The van der Waals surface area contributed by atoms with Crippen molar-refractivity contribution in [3.63, 3.8) is 0 Å². The highest BCUT2D eigenvalue weighted by atomic mass is 32.2. The Morgan fingerprint density at radius 3 is 2.47 bits per heavy atom. The summed E-state index contributed by atoms with van der Waals surface area (Å²) in [5.41, 5.74) is 1.10. The SMILES string of the molecule is C=C(CC(C(=O)[C@H]1CC[C@](C)(C[C@@H](C)COCc2ccc(OC)cc2)O1)S(=O)(=O)c1ccccc1)C[C@@H](OCOCC)[C@@H]1CCCO1. The fourth-order valence-electron chi connectivity index (χ4n) is 6.53. The van der Waals surface area contributed by atoms with Crippen molar-refractivity contribution in [2.45, 2.75) is 106 Å². The van der Waals surface area contributed by atoms with Crippen LogP contribution in [0.5, 0.6) is 5.75 Å². The predicted octanol–water partition coefficient (Wildman–Crippen LogP) is 6.48. The number of methoxy groups -OCH3 is 1. The van der Waals surface area contributed by atoms with Gasteiger partial charge in [0.2, 0.25) is 0 Å². The van der Waals surface area contributed by atoms with E-state index in [2.05, 4.69) is 13.5 Å². The molecule has 260 valence electrons. The molecule has 6 atom stereocenters. The molecule has 1 unspecified atom stereocenters. The van der Waals surface area contributed by atoms with Gasteiger partial charge in [0, 0.05) is 19.8 Å². The number of Topliss-reactive ketones (excluding diaryl/α,β-unsaturated/α-hetero) is 1. The minimum absolute atomic E-state index is 0.0244. The van der Waals surface area contributed by atoms with Crippen LogP contribution >= 0.6 is 0 Å². The molecular formula is C37H52O9S. The molecule has 2 aliphatic rings. The first kappa shape index (κ1) is 37.2. The Labute approximate surface area is 280 Å². The molecule has 4 rings (SSSR count). The van der Waals surface area contributed by atoms with Gasteiger partial charge in [-0.3, -0.25) is 4.79 Å². The summed E-state index contributed by atoms with van der Waals surface area (Å²) in [5.74, 6) is 0.545. The number of rotatable bonds is 20. The third-order valence-corrected chi connectivity index (χ3v) is 11.0. The lowest BCUT2D eigenvalue weighted by Crippen LogP contribution is -2.40. The quantitative estimate of drug-likeness (QED) is 0.0888. The highest BCUT2D eigenvalue weighted by molar-refractivity contribution is 7.92. The Morgan fingerprint density at radius 1 is 1.06 bits per heavy atom. The Balaban J connectivity index is 1.40. The average molecular weight is 673 g/mol. The molecule has 0 aromatic heterocycles. The molecule has 2 aliphatic heterocycles. The summed E-state index contributed by atoms with van der Waals surface area (Å²) in [6.07, 6.45) is 2.60. The van der Waals surface area contributed by atoms with Crippen LogP contribution < -0.4 is 4.74 Å². The van der Waals surface area contributed by atoms with Crippen LogP contribution in [0.15, 0.2) is 71.6 Å². The molecule has 0 bridgehead atoms. The van der Waals surface area contributed by atoms with E-state index >= 15 is 0 Å². The van der Waals surface area contributed by atoms with Gasteiger partial charge < -0.3 is 28.4 Å². The van der Waals surface area contributed by atoms with Gasteiger partial charge >= 0.3 is 0 Å². The van der Waals surface area contributed by atoms with Crippen LogP contribution in [-0.2, 0) is 44.9 Å². The molecule has 2 aromatic rings. The summed E-state index contributed by atoms with van der Waals surface area (Å²) >= 11 is 0. The van der Waals surface area contributed by atoms with E-state index in [1.807, 2.05) is 38.1 Å². The molecule has 0 radical (unpaired) electrons. The second-order valence-electron chi connectivity index (χ2n) is 13.0. The molecule has 0 aliphatic carbocycles. The van der Waals surface area contributed by atoms with Crippen LogP contribution in [0, 0.1) is 5.92 Å². The summed E-state index contributed by atoms with van der Waals surface area (Å²) in [6.45, 7) is 12.5. The maximum atomic E-state index is 14.1. The van der Waals surface area contributed by atoms with E-state index in [0.29, 0.717) is 57.7 Å². The standard InChI is InChI=1S/C37H52O9S/c1-6-42-26-45-34(32-13-10-20-44-32)21-27(2)22-35(47(39,40)31-11-8-7-9-12-31)36(38)33-18-19-37(4,46-33)23-28(3)24-43-25-29-14-16-30(41-5)17-15-29/h7-9,11-12,14-17,28,32-35H,2,6,10,13,18-26H2,1,3-5H3/t28-,32+,33-,34-,35?,37-/m1/s1. The Morgan fingerprint density at radius 2 is 1.81 bits per heavy atom. The third-order valence-electron chi connectivity index (χ3n) is 8.97. The highest BCUT2D eigenvalue weighted by Crippen LogP contribution is 2.38. The average Bonchev–Trinajstić information content (AvgIpc) is 3.74. The molecule has 9 nitrogen and oxygen atoms in total. The Hall–Kier alpha value is -2.60. The first-order chi connectivity index (χ1) is 22.5. The van der Waals surface area contributed by atoms with E-state index in [9.17, 15) is 13.2 Å². The van der Waals surface area contributed by atoms with Crippen molar-refractivity contribution in [2.75, 3.05) is 33.7 Å². The largest absolute Gasteiger partial charge is 0.497 e. The minimum atomic E-state index is -4.03. The van der Waals surface area contributed by atoms with Crippen LogP contribution in [0.2, 0.25) is 0 Å². The van der Waals surface area contributed by atoms with Crippen molar-refractivity contribution in [1.29, 1.82) is 0 Å². The molecular weight excluding hydrogens is 620 g/mol. The summed E-state index contributed by atoms with van der Waals surface area (Å²) in [7, 11) is -2.39. The first-order valence-electron chi connectivity index (χ1n) is 16.7. The second kappa shape index (κ2) is 17.7. The van der Waals surface area contributed by atoms with Crippen LogP contribution in [0.4, 0.5) is 0 Å². The summed E-state index contributed by atoms with van der Waals surface area (Å²) < 4.78 is 62.9. The van der Waals surface area contributed by atoms with Crippen molar-refractivity contribution in [2.24, 2.45) is 5.92 Å². The van der Waals surface area contributed by atoms with E-state index in [-0.39, 0.29) is 36.2 Å². The normalized spacial score (nSPS) is 23.3. The lowest BCUT2D eigenvalue weighted by molar-refractivity contribution is -0.135. The monoisotopic (exact) mass is 672 g/mol. The van der Waals surface area contributed by atoms with Gasteiger partial charge in [-0.15, -0.1) is 0 Å². The van der Waals surface area contributed by atoms with Crippen LogP contribution in [0.3, 0.4) is 0 Å². The number of benzene rings is 2. The zero-order valence-corrected chi connectivity index (χ0v) is 29.2. The molecule has 0 N–H and O–H groups in total. The fourth-order valence-corrected chi connectivity index (χ4v) is 8.31. The van der Waals surface area contributed by atoms with Gasteiger partial charge in [-0.2, -0.15) is 0 Å². The fraction of sp³-hybridized carbons (Fsp3) is 0.595. The van der Waals surface area contributed by atoms with Gasteiger partial charge in [0.05, 0.1) is 36.4 Å². The molecule has 0 spiro atoms. The summed E-state index contributed by atoms with van der Waals surface area (Å²) in [6, 6.07) is 15.9. The smallest absolute Gasteiger partial charge is 0.188 e. The lowest BCUT2D eigenvalue weighted by atomic mass is 9.90. The molecule has 10 heteroatoms. The van der Waals surface area contributed by atoms with Crippen LogP contribution in [0.1, 0.15) is 71.3 Å². The van der Waals surface area contributed by atoms with Crippen molar-refractivity contribution >= 4 is 15.6 Å². The number of hydrogen-bond donors (Lipinski definition) is 0. The minimum Gasteiger partial charge on any atom is -0.497 e. The summed E-state index contributed by atoms with van der Waals surface area (Å²) in [4.78, 5) is 14.3. The Kier molecular flexibility index (Phi) is 14.0.